The molecule has 1 aliphatic rings. The first-order chi connectivity index (χ1) is 8.13. The second-order valence-electron chi connectivity index (χ2n) is 4.06. The van der Waals surface area contributed by atoms with E-state index in [0.29, 0.717) is 24.4 Å². The molecule has 0 saturated carbocycles. The lowest BCUT2D eigenvalue weighted by Crippen LogP contribution is -2.53. The van der Waals surface area contributed by atoms with Gasteiger partial charge in [0.05, 0.1) is 6.10 Å². The normalized spacial score (nSPS) is 16.2. The fourth-order valence-corrected chi connectivity index (χ4v) is 1.75. The van der Waals surface area contributed by atoms with Crippen LogP contribution in [0.15, 0.2) is 18.3 Å². The van der Waals surface area contributed by atoms with Crippen LogP contribution in [0.4, 0.5) is 5.69 Å². The molecule has 2 aromatic rings. The van der Waals surface area contributed by atoms with E-state index in [1.54, 1.807) is 18.3 Å². The van der Waals surface area contributed by atoms with Gasteiger partial charge < -0.3 is 15.7 Å². The number of hydrogen-bond donors (Lipinski definition) is 2. The predicted octanol–water partition coefficient (Wildman–Crippen LogP) is -0.872. The molecule has 1 aliphatic heterocycles. The first-order valence-corrected chi connectivity index (χ1v) is 5.23. The summed E-state index contributed by atoms with van der Waals surface area (Å²) < 4.78 is 1.50. The molecular formula is C10H11N5O2. The lowest BCUT2D eigenvalue weighted by molar-refractivity contribution is 0.00510. The van der Waals surface area contributed by atoms with Crippen LogP contribution >= 0.6 is 0 Å². The van der Waals surface area contributed by atoms with Gasteiger partial charge in [0.25, 0.3) is 5.91 Å². The second kappa shape index (κ2) is 3.42. The van der Waals surface area contributed by atoms with E-state index in [0.717, 1.165) is 0 Å². The fourth-order valence-electron chi connectivity index (χ4n) is 1.75. The van der Waals surface area contributed by atoms with Gasteiger partial charge in [-0.05, 0) is 6.07 Å². The summed E-state index contributed by atoms with van der Waals surface area (Å²) in [6.07, 6.45) is 1.23. The molecule has 88 valence electrons. The number of aliphatic hydroxyl groups excluding tert-OH is 1. The molecule has 0 atom stereocenters. The Balaban J connectivity index is 1.93. The van der Waals surface area contributed by atoms with Crippen molar-refractivity contribution < 1.29 is 9.90 Å². The molecule has 7 heteroatoms. The Kier molecular flexibility index (Phi) is 2.02. The zero-order valence-corrected chi connectivity index (χ0v) is 8.95. The van der Waals surface area contributed by atoms with Crippen molar-refractivity contribution in [2.24, 2.45) is 0 Å². The van der Waals surface area contributed by atoms with Gasteiger partial charge in [-0.25, -0.2) is 9.50 Å². The molecule has 1 amide bonds. The summed E-state index contributed by atoms with van der Waals surface area (Å²) in [5, 5.41) is 13.2. The average Bonchev–Trinajstić information content (AvgIpc) is 2.66. The highest BCUT2D eigenvalue weighted by molar-refractivity contribution is 5.91. The van der Waals surface area contributed by atoms with Crippen LogP contribution in [-0.4, -0.2) is 49.7 Å². The third kappa shape index (κ3) is 1.60. The van der Waals surface area contributed by atoms with Crippen molar-refractivity contribution in [3.8, 4) is 0 Å². The van der Waals surface area contributed by atoms with E-state index in [2.05, 4.69) is 10.1 Å². The molecule has 2 aromatic heterocycles. The maximum Gasteiger partial charge on any atom is 0.293 e. The van der Waals surface area contributed by atoms with Crippen LogP contribution in [0.2, 0.25) is 0 Å². The Morgan fingerprint density at radius 2 is 2.29 bits per heavy atom. The van der Waals surface area contributed by atoms with Crippen LogP contribution in [0.1, 0.15) is 10.6 Å². The van der Waals surface area contributed by atoms with Crippen molar-refractivity contribution in [2.45, 2.75) is 6.10 Å². The van der Waals surface area contributed by atoms with Crippen molar-refractivity contribution in [3.63, 3.8) is 0 Å². The predicted molar refractivity (Wildman–Crippen MR) is 59.3 cm³/mol. The minimum absolute atomic E-state index is 0.127. The molecule has 0 aromatic carbocycles. The second-order valence-corrected chi connectivity index (χ2v) is 4.06. The lowest BCUT2D eigenvalue weighted by Gasteiger charge is -2.34. The standard InChI is InChI=1S/C10H11N5O2/c11-6-1-2-15-8(3-6)12-9(13-15)10(17)14-4-7(16)5-14/h1-3,7,16H,4-5,11H2. The topological polar surface area (TPSA) is 96.8 Å². The highest BCUT2D eigenvalue weighted by Gasteiger charge is 2.31. The molecule has 7 nitrogen and oxygen atoms in total. The number of nitrogen functional groups attached to an aromatic ring is 1. The Morgan fingerprint density at radius 3 is 3.00 bits per heavy atom. The minimum atomic E-state index is -0.424. The van der Waals surface area contributed by atoms with Crippen LogP contribution in [0.5, 0.6) is 0 Å². The molecule has 0 aliphatic carbocycles. The number of rotatable bonds is 1. The highest BCUT2D eigenvalue weighted by atomic mass is 16.3. The molecule has 3 N–H and O–H groups in total. The van der Waals surface area contributed by atoms with Crippen LogP contribution in [-0.2, 0) is 0 Å². The summed E-state index contributed by atoms with van der Waals surface area (Å²) in [4.78, 5) is 17.5. The molecular weight excluding hydrogens is 222 g/mol. The summed E-state index contributed by atoms with van der Waals surface area (Å²) in [7, 11) is 0. The van der Waals surface area contributed by atoms with Crippen molar-refractivity contribution in [2.75, 3.05) is 18.8 Å². The molecule has 3 heterocycles. The van der Waals surface area contributed by atoms with Gasteiger partial charge in [-0.2, -0.15) is 0 Å². The summed E-state index contributed by atoms with van der Waals surface area (Å²) in [6, 6.07) is 3.33. The van der Waals surface area contributed by atoms with Gasteiger partial charge in [0.1, 0.15) is 0 Å². The van der Waals surface area contributed by atoms with Gasteiger partial charge in [-0.1, -0.05) is 0 Å². The molecule has 17 heavy (non-hydrogen) atoms. The number of pyridine rings is 1. The third-order valence-electron chi connectivity index (χ3n) is 2.70. The van der Waals surface area contributed by atoms with E-state index in [4.69, 9.17) is 10.8 Å². The number of nitrogens with two attached hydrogens (primary N) is 1. The van der Waals surface area contributed by atoms with Crippen molar-refractivity contribution in [1.29, 1.82) is 0 Å². The number of carbonyl (C=O) groups is 1. The lowest BCUT2D eigenvalue weighted by atomic mass is 10.2. The number of anilines is 1. The number of likely N-dealkylation sites (tertiary alicyclic amines) is 1. The van der Waals surface area contributed by atoms with E-state index < -0.39 is 6.10 Å². The number of aliphatic hydroxyl groups is 1. The first-order valence-electron chi connectivity index (χ1n) is 5.23. The minimum Gasteiger partial charge on any atom is -0.399 e. The number of carbonyl (C=O) groups excluding carboxylic acids is 1. The van der Waals surface area contributed by atoms with E-state index in [1.807, 2.05) is 0 Å². The number of hydrogen-bond acceptors (Lipinski definition) is 5. The molecule has 1 fully saturated rings. The van der Waals surface area contributed by atoms with E-state index >= 15 is 0 Å². The van der Waals surface area contributed by atoms with Gasteiger partial charge >= 0.3 is 0 Å². The van der Waals surface area contributed by atoms with E-state index in [-0.39, 0.29) is 11.7 Å². The first kappa shape index (κ1) is 10.0. The van der Waals surface area contributed by atoms with Crippen LogP contribution < -0.4 is 5.73 Å². The summed E-state index contributed by atoms with van der Waals surface area (Å²) in [5.74, 6) is -0.139. The van der Waals surface area contributed by atoms with Gasteiger partial charge in [-0.3, -0.25) is 4.79 Å². The molecule has 3 rings (SSSR count). The summed E-state index contributed by atoms with van der Waals surface area (Å²) >= 11 is 0. The van der Waals surface area contributed by atoms with Gasteiger partial charge in [-0.15, -0.1) is 5.10 Å². The monoisotopic (exact) mass is 233 g/mol. The molecule has 0 unspecified atom stereocenters. The SMILES string of the molecule is Nc1ccn2nc(C(=O)N3CC(O)C3)nc2c1. The Morgan fingerprint density at radius 1 is 1.53 bits per heavy atom. The fraction of sp³-hybridized carbons (Fsp3) is 0.300. The molecule has 0 spiro atoms. The van der Waals surface area contributed by atoms with E-state index in [1.165, 1.54) is 9.42 Å². The third-order valence-corrected chi connectivity index (χ3v) is 2.70. The number of amides is 1. The Labute approximate surface area is 96.5 Å². The number of fused-ring (bicyclic) bond motifs is 1. The maximum absolute atomic E-state index is 11.9. The number of β-amino-alcohol motifs (C(OH)–C–C–N with tert-alkyl or cyclic N) is 1. The largest absolute Gasteiger partial charge is 0.399 e. The van der Waals surface area contributed by atoms with Crippen LogP contribution in [0.3, 0.4) is 0 Å². The molecule has 1 saturated heterocycles. The zero-order valence-electron chi connectivity index (χ0n) is 8.95. The maximum atomic E-state index is 11.9. The highest BCUT2D eigenvalue weighted by Crippen LogP contribution is 2.12. The number of aromatic nitrogens is 3. The van der Waals surface area contributed by atoms with Crippen molar-refractivity contribution in [3.05, 3.63) is 24.2 Å². The van der Waals surface area contributed by atoms with E-state index in [9.17, 15) is 4.79 Å². The zero-order chi connectivity index (χ0) is 12.0. The van der Waals surface area contributed by atoms with Gasteiger partial charge in [0.15, 0.2) is 5.65 Å². The molecule has 0 radical (unpaired) electrons. The van der Waals surface area contributed by atoms with Crippen LogP contribution in [0.25, 0.3) is 5.65 Å². The Hall–Kier alpha value is -2.15. The molecule has 0 bridgehead atoms. The van der Waals surface area contributed by atoms with Crippen molar-refractivity contribution >= 4 is 17.2 Å². The van der Waals surface area contributed by atoms with Gasteiger partial charge in [0.2, 0.25) is 5.82 Å². The number of nitrogens with zero attached hydrogens (tertiary/aromatic N) is 4. The Bertz CT molecular complexity index is 587. The van der Waals surface area contributed by atoms with Crippen molar-refractivity contribution in [1.82, 2.24) is 19.5 Å². The smallest absolute Gasteiger partial charge is 0.293 e. The van der Waals surface area contributed by atoms with Gasteiger partial charge in [0, 0.05) is 31.0 Å². The summed E-state index contributed by atoms with van der Waals surface area (Å²) in [6.45, 7) is 0.688. The van der Waals surface area contributed by atoms with Crippen LogP contribution in [0, 0.1) is 0 Å². The quantitative estimate of drug-likeness (QED) is 0.667. The average molecular weight is 233 g/mol. The summed E-state index contributed by atoms with van der Waals surface area (Å²) in [5.41, 5.74) is 6.72.